The summed E-state index contributed by atoms with van der Waals surface area (Å²) in [5.41, 5.74) is 0. The molecule has 0 bridgehead atoms. The van der Waals surface area contributed by atoms with Crippen LogP contribution in [0.2, 0.25) is 0 Å². The van der Waals surface area contributed by atoms with Gasteiger partial charge in [-0.15, -0.1) is 0 Å². The van der Waals surface area contributed by atoms with Gasteiger partial charge in [-0.3, -0.25) is 0 Å². The Labute approximate surface area is 97.0 Å². The van der Waals surface area contributed by atoms with Gasteiger partial charge in [0.1, 0.15) is 0 Å². The Hall–Kier alpha value is -0.0400. The van der Waals surface area contributed by atoms with Crippen molar-refractivity contribution in [3.63, 3.8) is 0 Å². The van der Waals surface area contributed by atoms with Crippen molar-refractivity contribution in [2.24, 2.45) is 5.92 Å². The summed E-state index contributed by atoms with van der Waals surface area (Å²) in [6, 6.07) is 0.737. The molecule has 0 aliphatic heterocycles. The molecular weight excluding hydrogens is 182 g/mol. The summed E-state index contributed by atoms with van der Waals surface area (Å²) in [4.78, 5) is 0. The maximum atomic E-state index is 3.58. The van der Waals surface area contributed by atoms with Gasteiger partial charge < -0.3 is 5.32 Å². The van der Waals surface area contributed by atoms with E-state index < -0.39 is 0 Å². The molecular formula is C14H31N. The highest BCUT2D eigenvalue weighted by molar-refractivity contribution is 4.71. The van der Waals surface area contributed by atoms with Crippen molar-refractivity contribution < 1.29 is 0 Å². The number of hydrogen-bond donors (Lipinski definition) is 1. The van der Waals surface area contributed by atoms with Crippen LogP contribution in [-0.2, 0) is 0 Å². The standard InChI is InChI=1S/C14H31N/c1-5-8-9-10-11-12-13(4)14(6-2)15-7-3/h13-15H,5-12H2,1-4H3. The van der Waals surface area contributed by atoms with Crippen molar-refractivity contribution in [2.45, 2.75) is 78.7 Å². The summed E-state index contributed by atoms with van der Waals surface area (Å²) in [6.45, 7) is 10.3. The summed E-state index contributed by atoms with van der Waals surface area (Å²) in [5, 5.41) is 3.58. The van der Waals surface area contributed by atoms with Gasteiger partial charge in [-0.25, -0.2) is 0 Å². The minimum atomic E-state index is 0.737. The van der Waals surface area contributed by atoms with Crippen LogP contribution in [0.15, 0.2) is 0 Å². The average Bonchev–Trinajstić information content (AvgIpc) is 2.25. The first kappa shape index (κ1) is 15.0. The van der Waals surface area contributed by atoms with E-state index in [1.54, 1.807) is 0 Å². The quantitative estimate of drug-likeness (QED) is 0.531. The van der Waals surface area contributed by atoms with Crippen molar-refractivity contribution in [1.82, 2.24) is 5.32 Å². The molecule has 0 fully saturated rings. The zero-order valence-corrected chi connectivity index (χ0v) is 11.3. The second-order valence-corrected chi connectivity index (χ2v) is 4.75. The Morgan fingerprint density at radius 2 is 1.60 bits per heavy atom. The predicted molar refractivity (Wildman–Crippen MR) is 70.3 cm³/mol. The van der Waals surface area contributed by atoms with E-state index in [0.29, 0.717) is 0 Å². The van der Waals surface area contributed by atoms with Crippen molar-refractivity contribution in [1.29, 1.82) is 0 Å². The molecule has 0 radical (unpaired) electrons. The van der Waals surface area contributed by atoms with E-state index in [9.17, 15) is 0 Å². The fraction of sp³-hybridized carbons (Fsp3) is 1.00. The largest absolute Gasteiger partial charge is 0.314 e. The summed E-state index contributed by atoms with van der Waals surface area (Å²) in [7, 11) is 0. The predicted octanol–water partition coefficient (Wildman–Crippen LogP) is 4.37. The number of rotatable bonds is 10. The second kappa shape index (κ2) is 10.5. The summed E-state index contributed by atoms with van der Waals surface area (Å²) in [6.07, 6.45) is 9.72. The van der Waals surface area contributed by atoms with Crippen LogP contribution < -0.4 is 5.32 Å². The van der Waals surface area contributed by atoms with E-state index in [2.05, 4.69) is 33.0 Å². The minimum absolute atomic E-state index is 0.737. The molecule has 1 nitrogen and oxygen atoms in total. The van der Waals surface area contributed by atoms with Crippen LogP contribution in [0.4, 0.5) is 0 Å². The molecule has 2 atom stereocenters. The third-order valence-corrected chi connectivity index (χ3v) is 3.36. The smallest absolute Gasteiger partial charge is 0.00899 e. The van der Waals surface area contributed by atoms with Crippen molar-refractivity contribution in [2.75, 3.05) is 6.54 Å². The maximum Gasteiger partial charge on any atom is 0.00899 e. The lowest BCUT2D eigenvalue weighted by molar-refractivity contribution is 0.343. The van der Waals surface area contributed by atoms with E-state index in [1.165, 1.54) is 44.9 Å². The van der Waals surface area contributed by atoms with Crippen molar-refractivity contribution in [3.8, 4) is 0 Å². The second-order valence-electron chi connectivity index (χ2n) is 4.75. The third kappa shape index (κ3) is 7.84. The highest BCUT2D eigenvalue weighted by atomic mass is 14.9. The van der Waals surface area contributed by atoms with Crippen LogP contribution in [0, 0.1) is 5.92 Å². The zero-order chi connectivity index (χ0) is 11.5. The molecule has 2 unspecified atom stereocenters. The summed E-state index contributed by atoms with van der Waals surface area (Å²) < 4.78 is 0. The summed E-state index contributed by atoms with van der Waals surface area (Å²) >= 11 is 0. The van der Waals surface area contributed by atoms with Gasteiger partial charge in [-0.1, -0.05) is 59.8 Å². The Morgan fingerprint density at radius 3 is 2.13 bits per heavy atom. The fourth-order valence-corrected chi connectivity index (χ4v) is 2.28. The number of hydrogen-bond acceptors (Lipinski definition) is 1. The molecule has 15 heavy (non-hydrogen) atoms. The van der Waals surface area contributed by atoms with Gasteiger partial charge in [-0.2, -0.15) is 0 Å². The van der Waals surface area contributed by atoms with Gasteiger partial charge in [0.15, 0.2) is 0 Å². The highest BCUT2D eigenvalue weighted by Crippen LogP contribution is 2.16. The molecule has 0 aromatic rings. The van der Waals surface area contributed by atoms with Crippen LogP contribution in [-0.4, -0.2) is 12.6 Å². The topological polar surface area (TPSA) is 12.0 Å². The molecule has 0 spiro atoms. The van der Waals surface area contributed by atoms with Gasteiger partial charge in [0, 0.05) is 6.04 Å². The molecule has 0 heterocycles. The lowest BCUT2D eigenvalue weighted by Gasteiger charge is -2.23. The Morgan fingerprint density at radius 1 is 0.933 bits per heavy atom. The van der Waals surface area contributed by atoms with E-state index in [1.807, 2.05) is 0 Å². The van der Waals surface area contributed by atoms with E-state index in [4.69, 9.17) is 0 Å². The first-order valence-electron chi connectivity index (χ1n) is 6.99. The van der Waals surface area contributed by atoms with Crippen molar-refractivity contribution >= 4 is 0 Å². The van der Waals surface area contributed by atoms with Crippen LogP contribution in [0.25, 0.3) is 0 Å². The average molecular weight is 213 g/mol. The van der Waals surface area contributed by atoms with Crippen LogP contribution in [0.5, 0.6) is 0 Å². The molecule has 0 saturated heterocycles. The Balaban J connectivity index is 3.48. The first-order chi connectivity index (χ1) is 7.26. The van der Waals surface area contributed by atoms with Gasteiger partial charge >= 0.3 is 0 Å². The molecule has 0 aromatic heterocycles. The van der Waals surface area contributed by atoms with Gasteiger partial charge in [0.25, 0.3) is 0 Å². The van der Waals surface area contributed by atoms with Crippen LogP contribution in [0.3, 0.4) is 0 Å². The van der Waals surface area contributed by atoms with E-state index >= 15 is 0 Å². The SMILES string of the molecule is CCCCCCCC(C)C(CC)NCC. The van der Waals surface area contributed by atoms with E-state index in [-0.39, 0.29) is 0 Å². The molecule has 0 rings (SSSR count). The normalized spacial score (nSPS) is 15.2. The Kier molecular flexibility index (Phi) is 10.4. The van der Waals surface area contributed by atoms with Gasteiger partial charge in [0.2, 0.25) is 0 Å². The van der Waals surface area contributed by atoms with Gasteiger partial charge in [-0.05, 0) is 25.3 Å². The molecule has 1 N–H and O–H groups in total. The molecule has 0 aliphatic rings. The maximum absolute atomic E-state index is 3.58. The number of unbranched alkanes of at least 4 members (excludes halogenated alkanes) is 4. The lowest BCUT2D eigenvalue weighted by atomic mass is 9.93. The minimum Gasteiger partial charge on any atom is -0.314 e. The fourth-order valence-electron chi connectivity index (χ4n) is 2.28. The van der Waals surface area contributed by atoms with Crippen LogP contribution >= 0.6 is 0 Å². The summed E-state index contributed by atoms with van der Waals surface area (Å²) in [5.74, 6) is 0.844. The number of nitrogens with one attached hydrogen (secondary N) is 1. The molecule has 0 saturated carbocycles. The highest BCUT2D eigenvalue weighted by Gasteiger charge is 2.13. The Bertz CT molecular complexity index is 123. The van der Waals surface area contributed by atoms with Crippen LogP contribution in [0.1, 0.15) is 72.6 Å². The first-order valence-corrected chi connectivity index (χ1v) is 6.99. The van der Waals surface area contributed by atoms with Gasteiger partial charge in [0.05, 0.1) is 0 Å². The third-order valence-electron chi connectivity index (χ3n) is 3.36. The zero-order valence-electron chi connectivity index (χ0n) is 11.3. The van der Waals surface area contributed by atoms with E-state index in [0.717, 1.165) is 18.5 Å². The molecule has 1 heteroatoms. The molecule has 0 aliphatic carbocycles. The molecule has 0 aromatic carbocycles. The monoisotopic (exact) mass is 213 g/mol. The molecule has 92 valence electrons. The van der Waals surface area contributed by atoms with Crippen molar-refractivity contribution in [3.05, 3.63) is 0 Å². The molecule has 0 amide bonds. The lowest BCUT2D eigenvalue weighted by Crippen LogP contribution is -2.34.